The summed E-state index contributed by atoms with van der Waals surface area (Å²) in [7, 11) is -6.36. The molecule has 0 aromatic heterocycles. The Morgan fingerprint density at radius 3 is 2.24 bits per heavy atom. The normalized spacial score (nSPS) is 12.2. The summed E-state index contributed by atoms with van der Waals surface area (Å²) in [6.07, 6.45) is 0. The Hall–Kier alpha value is -0.920. The molecule has 1 aromatic rings. The van der Waals surface area contributed by atoms with E-state index < -0.39 is 20.7 Å². The van der Waals surface area contributed by atoms with E-state index in [0.29, 0.717) is 13.1 Å². The number of nitrogens with zero attached hydrogens (tertiary/aromatic N) is 1. The number of hydrogen-bond acceptors (Lipinski definition) is 4. The zero-order valence-electron chi connectivity index (χ0n) is 9.66. The first kappa shape index (κ1) is 14.1. The van der Waals surface area contributed by atoms with Crippen LogP contribution in [0.1, 0.15) is 13.8 Å². The van der Waals surface area contributed by atoms with Crippen molar-refractivity contribution in [2.75, 3.05) is 13.1 Å². The molecule has 0 atom stereocenters. The first-order chi connectivity index (χ1) is 7.93. The zero-order chi connectivity index (χ0) is 13.1. The van der Waals surface area contributed by atoms with Gasteiger partial charge in [-0.2, -0.15) is 4.31 Å². The fourth-order valence-electron chi connectivity index (χ4n) is 1.47. The molecule has 0 aliphatic rings. The minimum absolute atomic E-state index is 0.00762. The van der Waals surface area contributed by atoms with Crippen molar-refractivity contribution in [1.29, 1.82) is 0 Å². The van der Waals surface area contributed by atoms with Crippen LogP contribution in [0.4, 0.5) is 0 Å². The van der Waals surface area contributed by atoms with Crippen molar-refractivity contribution >= 4 is 20.7 Å². The third kappa shape index (κ3) is 3.05. The van der Waals surface area contributed by atoms with Gasteiger partial charge in [-0.3, -0.25) is 0 Å². The highest BCUT2D eigenvalue weighted by atomic mass is 32.2. The van der Waals surface area contributed by atoms with E-state index in [1.807, 2.05) is 0 Å². The molecule has 1 rings (SSSR count). The quantitative estimate of drug-likeness (QED) is 0.804. The number of hydrogen-bond donors (Lipinski definition) is 1. The van der Waals surface area contributed by atoms with Crippen LogP contribution in [0.25, 0.3) is 0 Å². The van der Waals surface area contributed by atoms with E-state index >= 15 is 0 Å². The van der Waals surface area contributed by atoms with Crippen LogP contribution in [0.2, 0.25) is 0 Å². The van der Waals surface area contributed by atoms with Gasteiger partial charge in [0.1, 0.15) is 0 Å². The fourth-order valence-corrected chi connectivity index (χ4v) is 3.51. The van der Waals surface area contributed by atoms with Gasteiger partial charge in [-0.1, -0.05) is 19.9 Å². The molecule has 1 aromatic carbocycles. The van der Waals surface area contributed by atoms with Crippen LogP contribution in [0.5, 0.6) is 0 Å². The second-order valence-corrected chi connectivity index (χ2v) is 6.31. The van der Waals surface area contributed by atoms with E-state index in [0.717, 1.165) is 0 Å². The lowest BCUT2D eigenvalue weighted by Gasteiger charge is -2.18. The van der Waals surface area contributed by atoms with Gasteiger partial charge in [0.15, 0.2) is 10.7 Å². The van der Waals surface area contributed by atoms with E-state index in [9.17, 15) is 16.8 Å². The van der Waals surface area contributed by atoms with Gasteiger partial charge in [0, 0.05) is 13.1 Å². The summed E-state index contributed by atoms with van der Waals surface area (Å²) in [6, 6.07) is 5.37. The highest BCUT2D eigenvalue weighted by Crippen LogP contribution is 2.17. The molecule has 0 saturated heterocycles. The number of rotatable bonds is 5. The molecule has 0 fully saturated rings. The molecule has 0 bridgehead atoms. The molecule has 0 saturated carbocycles. The van der Waals surface area contributed by atoms with Gasteiger partial charge in [0.05, 0.1) is 9.79 Å². The third-order valence-corrected chi connectivity index (χ3v) is 5.12. The molecule has 0 heterocycles. The van der Waals surface area contributed by atoms with Gasteiger partial charge in [0.2, 0.25) is 10.0 Å². The van der Waals surface area contributed by atoms with E-state index in [1.165, 1.54) is 28.6 Å². The topological polar surface area (TPSA) is 71.5 Å². The monoisotopic (exact) mass is 277 g/mol. The number of sulfonamides is 1. The van der Waals surface area contributed by atoms with Crippen molar-refractivity contribution in [3.8, 4) is 0 Å². The molecular formula is C10H15NO4S2. The molecule has 5 nitrogen and oxygen atoms in total. The minimum Gasteiger partial charge on any atom is -0.227 e. The molecule has 0 unspecified atom stereocenters. The van der Waals surface area contributed by atoms with Gasteiger partial charge < -0.3 is 0 Å². The number of benzene rings is 1. The van der Waals surface area contributed by atoms with E-state index in [1.54, 1.807) is 13.8 Å². The van der Waals surface area contributed by atoms with Crippen molar-refractivity contribution in [2.24, 2.45) is 0 Å². The van der Waals surface area contributed by atoms with Gasteiger partial charge in [-0.15, -0.1) is 0 Å². The molecule has 17 heavy (non-hydrogen) atoms. The molecule has 0 N–H and O–H groups in total. The van der Waals surface area contributed by atoms with Crippen molar-refractivity contribution in [3.63, 3.8) is 0 Å². The van der Waals surface area contributed by atoms with E-state index in [2.05, 4.69) is 0 Å². The number of thiol groups is 1. The Kier molecular flexibility index (Phi) is 4.67. The molecular weight excluding hydrogens is 262 g/mol. The molecule has 0 spiro atoms. The lowest BCUT2D eigenvalue weighted by atomic mass is 10.4. The Labute approximate surface area is 103 Å². The minimum atomic E-state index is -3.59. The second-order valence-electron chi connectivity index (χ2n) is 3.34. The molecule has 0 aliphatic carbocycles. The Bertz CT molecular complexity index is 551. The Morgan fingerprint density at radius 1 is 1.18 bits per heavy atom. The van der Waals surface area contributed by atoms with Crippen molar-refractivity contribution in [2.45, 2.75) is 23.6 Å². The van der Waals surface area contributed by atoms with Crippen molar-refractivity contribution in [3.05, 3.63) is 24.3 Å². The summed E-state index contributed by atoms with van der Waals surface area (Å²) < 4.78 is 47.1. The first-order valence-electron chi connectivity index (χ1n) is 5.18. The van der Waals surface area contributed by atoms with Crippen LogP contribution < -0.4 is 0 Å². The summed E-state index contributed by atoms with van der Waals surface area (Å²) in [4.78, 5) is 0.0196. The average molecular weight is 277 g/mol. The lowest BCUT2D eigenvalue weighted by Crippen LogP contribution is -2.30. The summed E-state index contributed by atoms with van der Waals surface area (Å²) in [5.74, 6) is 0. The fraction of sp³-hybridized carbons (Fsp3) is 0.400. The molecule has 0 radical (unpaired) electrons. The summed E-state index contributed by atoms with van der Waals surface area (Å²) in [5, 5.41) is 0. The zero-order valence-corrected chi connectivity index (χ0v) is 11.4. The molecule has 7 heteroatoms. The Balaban J connectivity index is 3.29. The highest BCUT2D eigenvalue weighted by Gasteiger charge is 2.21. The molecule has 0 amide bonds. The van der Waals surface area contributed by atoms with Crippen LogP contribution in [0, 0.1) is 0 Å². The average Bonchev–Trinajstić information content (AvgIpc) is 2.30. The van der Waals surface area contributed by atoms with Crippen LogP contribution >= 0.6 is 0 Å². The van der Waals surface area contributed by atoms with Gasteiger partial charge in [0.25, 0.3) is 0 Å². The molecule has 96 valence electrons. The Morgan fingerprint density at radius 2 is 1.76 bits per heavy atom. The van der Waals surface area contributed by atoms with E-state index in [-0.39, 0.29) is 9.79 Å². The maximum atomic E-state index is 12.1. The predicted molar refractivity (Wildman–Crippen MR) is 65.1 cm³/mol. The second kappa shape index (κ2) is 5.61. The van der Waals surface area contributed by atoms with Gasteiger partial charge in [-0.25, -0.2) is 16.8 Å². The summed E-state index contributed by atoms with van der Waals surface area (Å²) in [6.45, 7) is 4.18. The van der Waals surface area contributed by atoms with Crippen LogP contribution in [-0.4, -0.2) is 34.2 Å². The lowest BCUT2D eigenvalue weighted by molar-refractivity contribution is 0.445. The summed E-state index contributed by atoms with van der Waals surface area (Å²) in [5.41, 5.74) is 0. The molecule has 0 aliphatic heterocycles. The summed E-state index contributed by atoms with van der Waals surface area (Å²) >= 11 is 0. The van der Waals surface area contributed by atoms with Crippen LogP contribution in [0.15, 0.2) is 34.1 Å². The first-order valence-corrected chi connectivity index (χ1v) is 7.79. The van der Waals surface area contributed by atoms with Crippen molar-refractivity contribution < 1.29 is 16.8 Å². The standard InChI is InChI=1S/C10H15NO4S2/c1-3-11(4-2)17(14,15)10-7-5-6-9(8-10)16(12)13/h5-8,16H,3-4H2,1-2H3. The smallest absolute Gasteiger partial charge is 0.227 e. The SMILES string of the molecule is CCN(CC)S(=O)(=O)c1cccc([SH](=O)=O)c1. The largest absolute Gasteiger partial charge is 0.243 e. The van der Waals surface area contributed by atoms with Crippen LogP contribution in [-0.2, 0) is 20.7 Å². The maximum Gasteiger partial charge on any atom is 0.243 e. The van der Waals surface area contributed by atoms with Crippen molar-refractivity contribution in [1.82, 2.24) is 4.31 Å². The van der Waals surface area contributed by atoms with Gasteiger partial charge in [-0.05, 0) is 18.2 Å². The van der Waals surface area contributed by atoms with Gasteiger partial charge >= 0.3 is 0 Å². The third-order valence-electron chi connectivity index (χ3n) is 2.37. The van der Waals surface area contributed by atoms with E-state index in [4.69, 9.17) is 0 Å². The maximum absolute atomic E-state index is 12.1. The van der Waals surface area contributed by atoms with Crippen LogP contribution in [0.3, 0.4) is 0 Å². The predicted octanol–water partition coefficient (Wildman–Crippen LogP) is 0.687. The highest BCUT2D eigenvalue weighted by molar-refractivity contribution is 7.89.